The lowest BCUT2D eigenvalue weighted by Crippen LogP contribution is -2.42. The predicted molar refractivity (Wildman–Crippen MR) is 152 cm³/mol. The molecule has 4 atom stereocenters. The number of hydrogen-bond acceptors (Lipinski definition) is 3. The number of fused-ring (bicyclic) bond motifs is 5. The molecule has 206 valence electrons. The Morgan fingerprint density at radius 2 is 1.51 bits per heavy atom. The quantitative estimate of drug-likeness (QED) is 0.135. The zero-order valence-electron chi connectivity index (χ0n) is 23.8. The third-order valence-electron chi connectivity index (χ3n) is 10.1. The average Bonchev–Trinajstić information content (AvgIpc) is 3.20. The van der Waals surface area contributed by atoms with E-state index in [1.54, 1.807) is 0 Å². The molecule has 3 nitrogen and oxygen atoms in total. The molecule has 0 aromatic heterocycles. The number of benzene rings is 1. The molecule has 3 heteroatoms. The SMILES string of the molecule is CCCCCCCCCCCCCCCC(=O)Oc1ccc2c(c1)CC[C@@H]1[C@@H]2CC[C@]2(C)C(=O)CC[C@@H]12. The van der Waals surface area contributed by atoms with Gasteiger partial charge in [0.15, 0.2) is 0 Å². The van der Waals surface area contributed by atoms with Crippen LogP contribution < -0.4 is 4.74 Å². The standard InChI is InChI=1S/C34H52O3/c1-3-4-5-6-7-8-9-10-11-12-13-14-15-16-33(36)37-27-18-20-28-26(25-27)17-19-30-29(28)23-24-34(2)31(30)21-22-32(34)35/h18,20,25,29-31H,3-17,19,21-24H2,1-2H3/t29-,30-,31+,34+/m1/s1. The second-order valence-corrected chi connectivity index (χ2v) is 12.7. The first-order valence-corrected chi connectivity index (χ1v) is 15.9. The van der Waals surface area contributed by atoms with Crippen LogP contribution in [0.3, 0.4) is 0 Å². The summed E-state index contributed by atoms with van der Waals surface area (Å²) in [6.07, 6.45) is 23.8. The number of Topliss-reactive ketones (excluding diaryl/α,β-unsaturated/α-hetero) is 1. The highest BCUT2D eigenvalue weighted by Gasteiger charge is 2.54. The molecular formula is C34H52O3. The maximum Gasteiger partial charge on any atom is 0.311 e. The van der Waals surface area contributed by atoms with Crippen LogP contribution in [0.5, 0.6) is 5.75 Å². The minimum absolute atomic E-state index is 0.0678. The summed E-state index contributed by atoms with van der Waals surface area (Å²) in [4.78, 5) is 25.0. The summed E-state index contributed by atoms with van der Waals surface area (Å²) in [7, 11) is 0. The van der Waals surface area contributed by atoms with Gasteiger partial charge in [-0.3, -0.25) is 9.59 Å². The summed E-state index contributed by atoms with van der Waals surface area (Å²) in [5.41, 5.74) is 2.75. The van der Waals surface area contributed by atoms with Gasteiger partial charge in [0.25, 0.3) is 0 Å². The van der Waals surface area contributed by atoms with Crippen LogP contribution in [0.15, 0.2) is 18.2 Å². The largest absolute Gasteiger partial charge is 0.427 e. The van der Waals surface area contributed by atoms with E-state index in [1.165, 1.54) is 88.2 Å². The van der Waals surface area contributed by atoms with Gasteiger partial charge in [0.2, 0.25) is 0 Å². The zero-order chi connectivity index (χ0) is 26.1. The fourth-order valence-electron chi connectivity index (χ4n) is 7.86. The van der Waals surface area contributed by atoms with Gasteiger partial charge in [0.05, 0.1) is 0 Å². The van der Waals surface area contributed by atoms with Gasteiger partial charge in [0, 0.05) is 18.3 Å². The maximum atomic E-state index is 12.6. The highest BCUT2D eigenvalue weighted by molar-refractivity contribution is 5.87. The summed E-state index contributed by atoms with van der Waals surface area (Å²) in [6, 6.07) is 6.36. The number of unbranched alkanes of at least 4 members (excludes halogenated alkanes) is 12. The fraction of sp³-hybridized carbons (Fsp3) is 0.765. The van der Waals surface area contributed by atoms with Crippen molar-refractivity contribution in [1.29, 1.82) is 0 Å². The second-order valence-electron chi connectivity index (χ2n) is 12.7. The monoisotopic (exact) mass is 508 g/mol. The topological polar surface area (TPSA) is 43.4 Å². The molecule has 3 aliphatic rings. The van der Waals surface area contributed by atoms with E-state index < -0.39 is 0 Å². The first-order chi connectivity index (χ1) is 18.0. The Kier molecular flexibility index (Phi) is 10.7. The molecular weight excluding hydrogens is 456 g/mol. The Morgan fingerprint density at radius 1 is 0.865 bits per heavy atom. The molecule has 0 aliphatic heterocycles. The van der Waals surface area contributed by atoms with Gasteiger partial charge in [0.1, 0.15) is 11.5 Å². The van der Waals surface area contributed by atoms with Crippen LogP contribution in [-0.2, 0) is 16.0 Å². The molecule has 0 radical (unpaired) electrons. The van der Waals surface area contributed by atoms with Gasteiger partial charge < -0.3 is 4.74 Å². The van der Waals surface area contributed by atoms with Crippen molar-refractivity contribution in [3.8, 4) is 5.75 Å². The third-order valence-corrected chi connectivity index (χ3v) is 10.1. The first-order valence-electron chi connectivity index (χ1n) is 15.9. The van der Waals surface area contributed by atoms with Gasteiger partial charge in [-0.1, -0.05) is 97.0 Å². The molecule has 0 saturated heterocycles. The second kappa shape index (κ2) is 13.9. The van der Waals surface area contributed by atoms with Crippen LogP contribution >= 0.6 is 0 Å². The number of carbonyl (C=O) groups excluding carboxylic acids is 2. The summed E-state index contributed by atoms with van der Waals surface area (Å²) < 4.78 is 5.74. The maximum absolute atomic E-state index is 12.6. The molecule has 2 saturated carbocycles. The first kappa shape index (κ1) is 28.4. The minimum atomic E-state index is -0.0883. The summed E-state index contributed by atoms with van der Waals surface area (Å²) in [5, 5.41) is 0. The van der Waals surface area contributed by atoms with Crippen molar-refractivity contribution in [2.75, 3.05) is 0 Å². The van der Waals surface area contributed by atoms with E-state index in [2.05, 4.69) is 26.0 Å². The summed E-state index contributed by atoms with van der Waals surface area (Å²) >= 11 is 0. The van der Waals surface area contributed by atoms with Crippen LogP contribution in [0.1, 0.15) is 153 Å². The van der Waals surface area contributed by atoms with Crippen LogP contribution in [0, 0.1) is 17.3 Å². The van der Waals surface area contributed by atoms with Gasteiger partial charge in [-0.2, -0.15) is 0 Å². The molecule has 37 heavy (non-hydrogen) atoms. The van der Waals surface area contributed by atoms with E-state index in [-0.39, 0.29) is 11.4 Å². The van der Waals surface area contributed by atoms with Crippen molar-refractivity contribution in [1.82, 2.24) is 0 Å². The predicted octanol–water partition coefficient (Wildman–Crippen LogP) is 9.50. The fourth-order valence-corrected chi connectivity index (χ4v) is 7.86. The van der Waals surface area contributed by atoms with E-state index in [9.17, 15) is 9.59 Å². The van der Waals surface area contributed by atoms with Gasteiger partial charge in [-0.25, -0.2) is 0 Å². The van der Waals surface area contributed by atoms with E-state index >= 15 is 0 Å². The van der Waals surface area contributed by atoms with Crippen LogP contribution in [0.25, 0.3) is 0 Å². The van der Waals surface area contributed by atoms with Crippen LogP contribution in [0.4, 0.5) is 0 Å². The van der Waals surface area contributed by atoms with Gasteiger partial charge in [-0.15, -0.1) is 0 Å². The van der Waals surface area contributed by atoms with Gasteiger partial charge in [-0.05, 0) is 79.5 Å². The Balaban J connectivity index is 1.11. The lowest BCUT2D eigenvalue weighted by Gasteiger charge is -2.48. The molecule has 1 aromatic carbocycles. The number of aryl methyl sites for hydroxylation is 1. The van der Waals surface area contributed by atoms with E-state index in [0.717, 1.165) is 44.9 Å². The molecule has 0 bridgehead atoms. The number of rotatable bonds is 15. The van der Waals surface area contributed by atoms with Gasteiger partial charge >= 0.3 is 5.97 Å². The minimum Gasteiger partial charge on any atom is -0.427 e. The summed E-state index contributed by atoms with van der Waals surface area (Å²) in [5.74, 6) is 2.91. The van der Waals surface area contributed by atoms with Crippen molar-refractivity contribution < 1.29 is 14.3 Å². The Bertz CT molecular complexity index is 889. The molecule has 0 spiro atoms. The third kappa shape index (κ3) is 7.27. The lowest BCUT2D eigenvalue weighted by molar-refractivity contribution is -0.134. The summed E-state index contributed by atoms with van der Waals surface area (Å²) in [6.45, 7) is 4.51. The zero-order valence-corrected chi connectivity index (χ0v) is 23.8. The molecule has 2 fully saturated rings. The number of carbonyl (C=O) groups is 2. The average molecular weight is 509 g/mol. The van der Waals surface area contributed by atoms with Crippen molar-refractivity contribution in [3.05, 3.63) is 29.3 Å². The normalized spacial score (nSPS) is 26.4. The number of ketones is 1. The molecule has 3 aliphatic carbocycles. The molecule has 4 rings (SSSR count). The van der Waals surface area contributed by atoms with Crippen LogP contribution in [-0.4, -0.2) is 11.8 Å². The van der Waals surface area contributed by atoms with Crippen molar-refractivity contribution in [3.63, 3.8) is 0 Å². The number of esters is 1. The van der Waals surface area contributed by atoms with Crippen LogP contribution in [0.2, 0.25) is 0 Å². The molecule has 1 aromatic rings. The van der Waals surface area contributed by atoms with E-state index in [0.29, 0.717) is 35.7 Å². The Hall–Kier alpha value is -1.64. The lowest BCUT2D eigenvalue weighted by atomic mass is 9.55. The highest BCUT2D eigenvalue weighted by Crippen LogP contribution is 2.59. The van der Waals surface area contributed by atoms with Crippen molar-refractivity contribution in [2.24, 2.45) is 17.3 Å². The molecule has 0 amide bonds. The Morgan fingerprint density at radius 3 is 2.19 bits per heavy atom. The van der Waals surface area contributed by atoms with Crippen molar-refractivity contribution >= 4 is 11.8 Å². The van der Waals surface area contributed by atoms with E-state index in [1.807, 2.05) is 6.07 Å². The molecule has 0 unspecified atom stereocenters. The molecule has 0 heterocycles. The molecule has 0 N–H and O–H groups in total. The number of hydrogen-bond donors (Lipinski definition) is 0. The number of ether oxygens (including phenoxy) is 1. The Labute approximate surface area is 226 Å². The van der Waals surface area contributed by atoms with E-state index in [4.69, 9.17) is 4.74 Å². The van der Waals surface area contributed by atoms with Crippen molar-refractivity contribution in [2.45, 2.75) is 148 Å². The smallest absolute Gasteiger partial charge is 0.311 e. The highest BCUT2D eigenvalue weighted by atomic mass is 16.5.